The van der Waals surface area contributed by atoms with Crippen molar-refractivity contribution in [2.75, 3.05) is 0 Å². The molecule has 0 saturated carbocycles. The Morgan fingerprint density at radius 1 is 0.275 bits per heavy atom. The molecule has 0 fully saturated rings. The highest BCUT2D eigenvalue weighted by Gasteiger charge is 2.24. The lowest BCUT2D eigenvalue weighted by Crippen LogP contribution is -1.99. The molecule has 10 aromatic carbocycles. The van der Waals surface area contributed by atoms with Gasteiger partial charge in [-0.1, -0.05) is 170 Å². The Morgan fingerprint density at radius 3 is 1.43 bits per heavy atom. The van der Waals surface area contributed by atoms with Crippen molar-refractivity contribution < 1.29 is 4.74 Å². The average Bonchev–Trinajstić information content (AvgIpc) is 3.21. The molecule has 1 aliphatic rings. The minimum absolute atomic E-state index is 0.918. The van der Waals surface area contributed by atoms with Crippen LogP contribution in [0.5, 0.6) is 11.5 Å². The maximum absolute atomic E-state index is 6.78. The molecule has 0 saturated heterocycles. The summed E-state index contributed by atoms with van der Waals surface area (Å²) >= 11 is 0. The number of ether oxygens (including phenoxy) is 1. The second-order valence-electron chi connectivity index (χ2n) is 13.6. The van der Waals surface area contributed by atoms with E-state index in [1.54, 1.807) is 0 Å². The standard InChI is InChI=1S/C50H30O/c1-2-10-37-36(9-1)30-48-49-44(37)16-8-17-45(49)46-18-7-15-38(50(46)51-48)34-25-23-32(24-26-34)31-19-21-33(22-20-31)35-27-28-43-41-13-4-3-11-39(41)40-12-5-6-14-42(40)47(43)29-35/h1-30H. The van der Waals surface area contributed by atoms with Gasteiger partial charge in [0.15, 0.2) is 0 Å². The van der Waals surface area contributed by atoms with Gasteiger partial charge in [0.25, 0.3) is 0 Å². The molecule has 1 nitrogen and oxygen atoms in total. The minimum Gasteiger partial charge on any atom is -0.455 e. The van der Waals surface area contributed by atoms with Gasteiger partial charge in [-0.05, 0) is 94.0 Å². The van der Waals surface area contributed by atoms with Crippen LogP contribution >= 0.6 is 0 Å². The summed E-state index contributed by atoms with van der Waals surface area (Å²) in [5, 5.41) is 12.7. The number of para-hydroxylation sites is 1. The van der Waals surface area contributed by atoms with Crippen molar-refractivity contribution in [2.45, 2.75) is 0 Å². The smallest absolute Gasteiger partial charge is 0.143 e. The van der Waals surface area contributed by atoms with Gasteiger partial charge in [0.05, 0.1) is 0 Å². The van der Waals surface area contributed by atoms with Crippen molar-refractivity contribution >= 4 is 53.9 Å². The van der Waals surface area contributed by atoms with E-state index in [-0.39, 0.29) is 0 Å². The predicted octanol–water partition coefficient (Wildman–Crippen LogP) is 14.2. The molecule has 11 rings (SSSR count). The van der Waals surface area contributed by atoms with Crippen LogP contribution in [-0.2, 0) is 0 Å². The molecule has 0 amide bonds. The highest BCUT2D eigenvalue weighted by atomic mass is 16.5. The first kappa shape index (κ1) is 28.2. The Morgan fingerprint density at radius 2 is 0.745 bits per heavy atom. The lowest BCUT2D eigenvalue weighted by atomic mass is 9.89. The highest BCUT2D eigenvalue weighted by molar-refractivity contribution is 6.25. The summed E-state index contributed by atoms with van der Waals surface area (Å²) in [6.45, 7) is 0. The van der Waals surface area contributed by atoms with Gasteiger partial charge in [0.1, 0.15) is 11.5 Å². The normalized spacial score (nSPS) is 12.1. The van der Waals surface area contributed by atoms with Gasteiger partial charge in [0, 0.05) is 16.5 Å². The van der Waals surface area contributed by atoms with Crippen molar-refractivity contribution in [3.8, 4) is 56.0 Å². The Bertz CT molecular complexity index is 2990. The molecule has 0 aliphatic carbocycles. The molecule has 0 aromatic heterocycles. The van der Waals surface area contributed by atoms with E-state index in [1.807, 2.05) is 0 Å². The van der Waals surface area contributed by atoms with E-state index in [9.17, 15) is 0 Å². The quantitative estimate of drug-likeness (QED) is 0.174. The fourth-order valence-electron chi connectivity index (χ4n) is 8.41. The maximum Gasteiger partial charge on any atom is 0.143 e. The van der Waals surface area contributed by atoms with E-state index in [0.717, 1.165) is 28.2 Å². The first-order valence-corrected chi connectivity index (χ1v) is 17.6. The van der Waals surface area contributed by atoms with Crippen molar-refractivity contribution in [1.82, 2.24) is 0 Å². The number of benzene rings is 10. The fraction of sp³-hybridized carbons (Fsp3) is 0. The summed E-state index contributed by atoms with van der Waals surface area (Å²) in [5.74, 6) is 1.84. The molecule has 0 spiro atoms. The zero-order chi connectivity index (χ0) is 33.5. The van der Waals surface area contributed by atoms with Crippen LogP contribution in [0.15, 0.2) is 182 Å². The van der Waals surface area contributed by atoms with Crippen LogP contribution in [0.1, 0.15) is 0 Å². The van der Waals surface area contributed by atoms with Gasteiger partial charge < -0.3 is 4.74 Å². The van der Waals surface area contributed by atoms with Gasteiger partial charge in [0.2, 0.25) is 0 Å². The summed E-state index contributed by atoms with van der Waals surface area (Å²) in [7, 11) is 0. The first-order chi connectivity index (χ1) is 25.3. The van der Waals surface area contributed by atoms with Crippen LogP contribution in [0.2, 0.25) is 0 Å². The third kappa shape index (κ3) is 4.28. The summed E-state index contributed by atoms with van der Waals surface area (Å²) in [4.78, 5) is 0. The molecule has 0 atom stereocenters. The molecule has 1 aliphatic heterocycles. The van der Waals surface area contributed by atoms with Crippen LogP contribution < -0.4 is 4.74 Å². The predicted molar refractivity (Wildman–Crippen MR) is 216 cm³/mol. The topological polar surface area (TPSA) is 9.23 Å². The summed E-state index contributed by atoms with van der Waals surface area (Å²) in [5.41, 5.74) is 9.42. The van der Waals surface area contributed by atoms with E-state index in [1.165, 1.54) is 81.7 Å². The molecule has 0 unspecified atom stereocenters. The number of fused-ring (bicyclic) bond motifs is 10. The zero-order valence-electron chi connectivity index (χ0n) is 27.7. The molecule has 0 bridgehead atoms. The molecule has 1 heterocycles. The van der Waals surface area contributed by atoms with Gasteiger partial charge in [-0.3, -0.25) is 0 Å². The Balaban J connectivity index is 0.937. The van der Waals surface area contributed by atoms with E-state index < -0.39 is 0 Å². The molecule has 51 heavy (non-hydrogen) atoms. The second kappa shape index (κ2) is 10.9. The molecular weight excluding hydrogens is 617 g/mol. The maximum atomic E-state index is 6.78. The monoisotopic (exact) mass is 646 g/mol. The summed E-state index contributed by atoms with van der Waals surface area (Å²) in [6, 6.07) is 66.1. The van der Waals surface area contributed by atoms with Crippen LogP contribution in [-0.4, -0.2) is 0 Å². The largest absolute Gasteiger partial charge is 0.455 e. The van der Waals surface area contributed by atoms with Crippen LogP contribution in [0.3, 0.4) is 0 Å². The molecule has 0 N–H and O–H groups in total. The van der Waals surface area contributed by atoms with Gasteiger partial charge in [-0.15, -0.1) is 0 Å². The third-order valence-electron chi connectivity index (χ3n) is 10.9. The van der Waals surface area contributed by atoms with Crippen molar-refractivity contribution in [1.29, 1.82) is 0 Å². The third-order valence-corrected chi connectivity index (χ3v) is 10.9. The van der Waals surface area contributed by atoms with Crippen molar-refractivity contribution in [3.63, 3.8) is 0 Å². The summed E-state index contributed by atoms with van der Waals surface area (Å²) in [6.07, 6.45) is 0. The summed E-state index contributed by atoms with van der Waals surface area (Å²) < 4.78 is 6.78. The average molecular weight is 647 g/mol. The lowest BCUT2D eigenvalue weighted by Gasteiger charge is -2.24. The van der Waals surface area contributed by atoms with Crippen LogP contribution in [0.25, 0.3) is 98.4 Å². The molecular formula is C50H30O. The SMILES string of the molecule is c1cc(-c2ccc(-c3ccc(-c4ccc5c6ccccc6c6ccccc6c5c4)cc3)cc2)c2c(c1)-c1cccc3c1c(cc1ccccc13)O2. The highest BCUT2D eigenvalue weighted by Crippen LogP contribution is 2.51. The van der Waals surface area contributed by atoms with Gasteiger partial charge in [-0.2, -0.15) is 0 Å². The molecule has 10 aromatic rings. The number of hydrogen-bond donors (Lipinski definition) is 0. The Labute approximate surface area is 295 Å². The molecule has 236 valence electrons. The van der Waals surface area contributed by atoms with E-state index >= 15 is 0 Å². The van der Waals surface area contributed by atoms with Crippen LogP contribution in [0, 0.1) is 0 Å². The number of hydrogen-bond acceptors (Lipinski definition) is 1. The Kier molecular flexibility index (Phi) is 6.02. The first-order valence-electron chi connectivity index (χ1n) is 17.6. The van der Waals surface area contributed by atoms with Crippen LogP contribution in [0.4, 0.5) is 0 Å². The van der Waals surface area contributed by atoms with E-state index in [4.69, 9.17) is 4.74 Å². The van der Waals surface area contributed by atoms with Crippen molar-refractivity contribution in [3.05, 3.63) is 182 Å². The van der Waals surface area contributed by atoms with Gasteiger partial charge in [-0.25, -0.2) is 0 Å². The molecule has 1 heteroatoms. The zero-order valence-corrected chi connectivity index (χ0v) is 27.7. The number of rotatable bonds is 3. The minimum atomic E-state index is 0.918. The van der Waals surface area contributed by atoms with Crippen molar-refractivity contribution in [2.24, 2.45) is 0 Å². The second-order valence-corrected chi connectivity index (χ2v) is 13.6. The van der Waals surface area contributed by atoms with Gasteiger partial charge >= 0.3 is 0 Å². The fourth-order valence-corrected chi connectivity index (χ4v) is 8.41. The van der Waals surface area contributed by atoms with E-state index in [2.05, 4.69) is 182 Å². The lowest BCUT2D eigenvalue weighted by molar-refractivity contribution is 0.489. The van der Waals surface area contributed by atoms with E-state index in [0.29, 0.717) is 0 Å². The Hall–Kier alpha value is -6.70. The molecule has 0 radical (unpaired) electrons.